The molecule has 5 atom stereocenters. The average Bonchev–Trinajstić information content (AvgIpc) is 3.63. The number of nitrogens with two attached hydrogens (primary N) is 1. The van der Waals surface area contributed by atoms with E-state index in [1.54, 1.807) is 0 Å². The predicted molar refractivity (Wildman–Crippen MR) is 115 cm³/mol. The Labute approximate surface area is 190 Å². The van der Waals surface area contributed by atoms with Crippen molar-refractivity contribution in [3.63, 3.8) is 0 Å². The minimum Gasteiger partial charge on any atom is -0.402 e. The van der Waals surface area contributed by atoms with Crippen LogP contribution >= 0.6 is 0 Å². The van der Waals surface area contributed by atoms with Crippen molar-refractivity contribution >= 4 is 5.82 Å². The molecule has 3 heterocycles. The molecule has 4 aliphatic rings. The van der Waals surface area contributed by atoms with Crippen molar-refractivity contribution < 1.29 is 22.6 Å². The number of imidazole rings is 1. The maximum Gasteiger partial charge on any atom is 0.573 e. The number of anilines is 1. The number of ether oxygens (including phenoxy) is 2. The number of fused-ring (bicyclic) bond motifs is 1. The monoisotopic (exact) mass is 463 g/mol. The van der Waals surface area contributed by atoms with E-state index in [0.29, 0.717) is 47.1 Å². The highest BCUT2D eigenvalue weighted by Gasteiger charge is 2.59. The summed E-state index contributed by atoms with van der Waals surface area (Å²) in [4.78, 5) is 11.4. The second-order valence-corrected chi connectivity index (χ2v) is 9.93. The van der Waals surface area contributed by atoms with Gasteiger partial charge in [0.15, 0.2) is 11.6 Å². The number of halogens is 3. The zero-order valence-corrected chi connectivity index (χ0v) is 18.5. The number of rotatable bonds is 5. The SMILES string of the molecule is CC1COCCN1C1C[C@@H]2[C@H](C1)[C@H]2n1cc(-c2cnc(N)c(OC(F)(F)F)c2)nc1C1CC1. The van der Waals surface area contributed by atoms with Gasteiger partial charge in [-0.1, -0.05) is 0 Å². The first-order valence-corrected chi connectivity index (χ1v) is 11.7. The summed E-state index contributed by atoms with van der Waals surface area (Å²) in [5.41, 5.74) is 6.71. The number of alkyl halides is 3. The summed E-state index contributed by atoms with van der Waals surface area (Å²) in [6.07, 6.45) is 3.21. The van der Waals surface area contributed by atoms with Gasteiger partial charge < -0.3 is 19.8 Å². The molecular weight excluding hydrogens is 435 g/mol. The Morgan fingerprint density at radius 3 is 2.64 bits per heavy atom. The molecule has 1 aliphatic heterocycles. The summed E-state index contributed by atoms with van der Waals surface area (Å²) < 4.78 is 50.2. The molecular formula is C23H28F3N5O2. The molecule has 0 spiro atoms. The molecule has 10 heteroatoms. The Morgan fingerprint density at radius 1 is 1.21 bits per heavy atom. The van der Waals surface area contributed by atoms with Gasteiger partial charge in [-0.2, -0.15) is 0 Å². The van der Waals surface area contributed by atoms with E-state index in [0.717, 1.165) is 38.4 Å². The van der Waals surface area contributed by atoms with Crippen LogP contribution in [0.25, 0.3) is 11.3 Å². The lowest BCUT2D eigenvalue weighted by atomic mass is 10.1. The Balaban J connectivity index is 1.23. The number of morpholine rings is 1. The first-order valence-electron chi connectivity index (χ1n) is 11.7. The van der Waals surface area contributed by atoms with Gasteiger partial charge in [0.05, 0.1) is 18.9 Å². The fraction of sp³-hybridized carbons (Fsp3) is 0.652. The Bertz CT molecular complexity index is 1040. The third-order valence-corrected chi connectivity index (χ3v) is 7.69. The molecule has 0 bridgehead atoms. The van der Waals surface area contributed by atoms with Gasteiger partial charge in [0.1, 0.15) is 5.82 Å². The van der Waals surface area contributed by atoms with Crippen LogP contribution in [0.2, 0.25) is 0 Å². The quantitative estimate of drug-likeness (QED) is 0.723. The molecule has 2 unspecified atom stereocenters. The Morgan fingerprint density at radius 2 is 1.97 bits per heavy atom. The number of pyridine rings is 1. The number of nitrogens with zero attached hydrogens (tertiary/aromatic N) is 4. The molecule has 33 heavy (non-hydrogen) atoms. The van der Waals surface area contributed by atoms with E-state index < -0.39 is 12.1 Å². The largest absolute Gasteiger partial charge is 0.573 e. The maximum absolute atomic E-state index is 12.7. The fourth-order valence-corrected chi connectivity index (χ4v) is 5.97. The van der Waals surface area contributed by atoms with Crippen LogP contribution in [-0.2, 0) is 4.74 Å². The number of nitrogen functional groups attached to an aromatic ring is 1. The van der Waals surface area contributed by atoms with Crippen molar-refractivity contribution in [2.24, 2.45) is 11.8 Å². The molecule has 3 saturated carbocycles. The number of aromatic nitrogens is 3. The molecule has 178 valence electrons. The molecule has 2 aromatic heterocycles. The summed E-state index contributed by atoms with van der Waals surface area (Å²) in [5, 5.41) is 0. The molecule has 1 saturated heterocycles. The molecule has 6 rings (SSSR count). The van der Waals surface area contributed by atoms with Gasteiger partial charge in [-0.15, -0.1) is 13.2 Å². The zero-order chi connectivity index (χ0) is 22.9. The van der Waals surface area contributed by atoms with Gasteiger partial charge in [0.25, 0.3) is 0 Å². The van der Waals surface area contributed by atoms with E-state index in [1.807, 2.05) is 6.20 Å². The maximum atomic E-state index is 12.7. The van der Waals surface area contributed by atoms with E-state index in [9.17, 15) is 13.2 Å². The smallest absolute Gasteiger partial charge is 0.402 e. The van der Waals surface area contributed by atoms with Crippen LogP contribution in [-0.4, -0.2) is 57.6 Å². The first-order chi connectivity index (χ1) is 15.8. The van der Waals surface area contributed by atoms with E-state index >= 15 is 0 Å². The van der Waals surface area contributed by atoms with Crippen molar-refractivity contribution in [3.05, 3.63) is 24.3 Å². The second kappa shape index (κ2) is 7.59. The Hall–Kier alpha value is -2.33. The molecule has 4 fully saturated rings. The molecule has 7 nitrogen and oxygen atoms in total. The standard InChI is InChI=1S/C23H28F3N5O2/c1-12-11-32-5-4-30(12)15-7-16-17(8-15)20(16)31-10-18(29-22(31)13-2-3-13)14-6-19(21(27)28-9-14)33-23(24,25)26/h6,9-10,12-13,15-17,20H,2-5,7-8,11H2,1H3,(H2,27,28)/t12?,15?,16-,17+,20+. The summed E-state index contributed by atoms with van der Waals surface area (Å²) in [5.74, 6) is 1.97. The highest BCUT2D eigenvalue weighted by atomic mass is 19.4. The van der Waals surface area contributed by atoms with Crippen LogP contribution < -0.4 is 10.5 Å². The normalized spacial score (nSPS) is 32.1. The predicted octanol–water partition coefficient (Wildman–Crippen LogP) is 3.97. The molecule has 2 aromatic rings. The molecule has 0 amide bonds. The lowest BCUT2D eigenvalue weighted by Gasteiger charge is -2.38. The van der Waals surface area contributed by atoms with Crippen molar-refractivity contribution in [3.8, 4) is 17.0 Å². The van der Waals surface area contributed by atoms with Crippen molar-refractivity contribution in [2.75, 3.05) is 25.5 Å². The second-order valence-electron chi connectivity index (χ2n) is 9.93. The molecule has 2 N–H and O–H groups in total. The third kappa shape index (κ3) is 3.97. The molecule has 0 radical (unpaired) electrons. The van der Waals surface area contributed by atoms with Gasteiger partial charge in [-0.05, 0) is 50.5 Å². The van der Waals surface area contributed by atoms with Crippen LogP contribution in [0.1, 0.15) is 50.4 Å². The van der Waals surface area contributed by atoms with Crippen LogP contribution in [0, 0.1) is 11.8 Å². The van der Waals surface area contributed by atoms with Crippen molar-refractivity contribution in [2.45, 2.75) is 63.0 Å². The fourth-order valence-electron chi connectivity index (χ4n) is 5.97. The number of hydrogen-bond acceptors (Lipinski definition) is 6. The summed E-state index contributed by atoms with van der Waals surface area (Å²) in [6.45, 7) is 4.86. The number of hydrogen-bond donors (Lipinski definition) is 1. The van der Waals surface area contributed by atoms with Crippen molar-refractivity contribution in [1.82, 2.24) is 19.4 Å². The minimum absolute atomic E-state index is 0.293. The van der Waals surface area contributed by atoms with Gasteiger partial charge in [-0.25, -0.2) is 9.97 Å². The average molecular weight is 464 g/mol. The molecule has 0 aromatic carbocycles. The van der Waals surface area contributed by atoms with Gasteiger partial charge >= 0.3 is 6.36 Å². The lowest BCUT2D eigenvalue weighted by Crippen LogP contribution is -2.49. The van der Waals surface area contributed by atoms with E-state index in [-0.39, 0.29) is 5.82 Å². The highest BCUT2D eigenvalue weighted by molar-refractivity contribution is 5.64. The highest BCUT2D eigenvalue weighted by Crippen LogP contribution is 2.63. The van der Waals surface area contributed by atoms with Crippen LogP contribution in [0.4, 0.5) is 19.0 Å². The third-order valence-electron chi connectivity index (χ3n) is 7.69. The lowest BCUT2D eigenvalue weighted by molar-refractivity contribution is -0.274. The summed E-state index contributed by atoms with van der Waals surface area (Å²) in [7, 11) is 0. The van der Waals surface area contributed by atoms with Crippen LogP contribution in [0.15, 0.2) is 18.5 Å². The van der Waals surface area contributed by atoms with Crippen LogP contribution in [0.5, 0.6) is 5.75 Å². The van der Waals surface area contributed by atoms with E-state index in [2.05, 4.69) is 26.1 Å². The summed E-state index contributed by atoms with van der Waals surface area (Å²) >= 11 is 0. The zero-order valence-electron chi connectivity index (χ0n) is 18.5. The van der Waals surface area contributed by atoms with E-state index in [4.69, 9.17) is 15.5 Å². The van der Waals surface area contributed by atoms with Gasteiger partial charge in [0, 0.05) is 48.5 Å². The topological polar surface area (TPSA) is 78.4 Å². The van der Waals surface area contributed by atoms with Crippen LogP contribution in [0.3, 0.4) is 0 Å². The molecule has 3 aliphatic carbocycles. The van der Waals surface area contributed by atoms with Gasteiger partial charge in [0.2, 0.25) is 0 Å². The van der Waals surface area contributed by atoms with Gasteiger partial charge in [-0.3, -0.25) is 4.90 Å². The summed E-state index contributed by atoms with van der Waals surface area (Å²) in [6, 6.07) is 2.80. The minimum atomic E-state index is -4.83. The first kappa shape index (κ1) is 21.2. The Kier molecular flexibility index (Phi) is 4.88. The van der Waals surface area contributed by atoms with Crippen molar-refractivity contribution in [1.29, 1.82) is 0 Å². The van der Waals surface area contributed by atoms with E-state index in [1.165, 1.54) is 25.1 Å².